The van der Waals surface area contributed by atoms with Crippen LogP contribution in [0.4, 0.5) is 8.78 Å². The normalized spacial score (nSPS) is 13.1. The molecule has 0 spiro atoms. The molecule has 2 N–H and O–H groups in total. The third kappa shape index (κ3) is 3.25. The maximum atomic E-state index is 13.0. The Labute approximate surface area is 95.1 Å². The van der Waals surface area contributed by atoms with Crippen molar-refractivity contribution < 1.29 is 8.78 Å². The van der Waals surface area contributed by atoms with Crippen molar-refractivity contribution >= 4 is 0 Å². The van der Waals surface area contributed by atoms with Gasteiger partial charge in [-0.2, -0.15) is 0 Å². The van der Waals surface area contributed by atoms with Crippen molar-refractivity contribution in [1.29, 1.82) is 0 Å². The topological polar surface area (TPSA) is 29.3 Å². The van der Waals surface area contributed by atoms with E-state index in [-0.39, 0.29) is 6.04 Å². The Morgan fingerprint density at radius 3 is 2.31 bits per heavy atom. The zero-order valence-electron chi connectivity index (χ0n) is 9.71. The van der Waals surface area contributed by atoms with Gasteiger partial charge in [0.1, 0.15) is 0 Å². The minimum Gasteiger partial charge on any atom is -0.323 e. The third-order valence-corrected chi connectivity index (χ3v) is 2.72. The molecule has 1 aromatic carbocycles. The summed E-state index contributed by atoms with van der Waals surface area (Å²) in [5.41, 5.74) is 6.57. The molecule has 0 heterocycles. The summed E-state index contributed by atoms with van der Waals surface area (Å²) < 4.78 is 25.7. The summed E-state index contributed by atoms with van der Waals surface area (Å²) in [6.07, 6.45) is 0. The Morgan fingerprint density at radius 1 is 1.19 bits per heavy atom. The van der Waals surface area contributed by atoms with Crippen molar-refractivity contribution in [2.75, 3.05) is 19.6 Å². The quantitative estimate of drug-likeness (QED) is 0.838. The molecule has 1 unspecified atom stereocenters. The van der Waals surface area contributed by atoms with Crippen LogP contribution < -0.4 is 5.73 Å². The number of benzene rings is 1. The number of hydrogen-bond donors (Lipinski definition) is 1. The van der Waals surface area contributed by atoms with Gasteiger partial charge in [0.25, 0.3) is 0 Å². The zero-order chi connectivity index (χ0) is 12.1. The molecule has 0 bridgehead atoms. The van der Waals surface area contributed by atoms with E-state index in [1.165, 1.54) is 12.1 Å². The predicted molar refractivity (Wildman–Crippen MR) is 61.1 cm³/mol. The Kier molecular flexibility index (Phi) is 4.83. The highest BCUT2D eigenvalue weighted by Gasteiger charge is 2.12. The number of rotatable bonds is 5. The van der Waals surface area contributed by atoms with Crippen LogP contribution in [-0.2, 0) is 0 Å². The molecular weight excluding hydrogens is 210 g/mol. The van der Waals surface area contributed by atoms with Crippen LogP contribution >= 0.6 is 0 Å². The predicted octanol–water partition coefficient (Wildman–Crippen LogP) is 2.31. The van der Waals surface area contributed by atoms with E-state index in [1.54, 1.807) is 0 Å². The van der Waals surface area contributed by atoms with Crippen molar-refractivity contribution in [1.82, 2.24) is 4.90 Å². The van der Waals surface area contributed by atoms with E-state index in [0.29, 0.717) is 12.1 Å². The first-order valence-corrected chi connectivity index (χ1v) is 5.51. The molecule has 0 saturated heterocycles. The first kappa shape index (κ1) is 13.1. The van der Waals surface area contributed by atoms with Gasteiger partial charge in [-0.25, -0.2) is 8.78 Å². The Balaban J connectivity index is 2.72. The van der Waals surface area contributed by atoms with Gasteiger partial charge in [-0.15, -0.1) is 0 Å². The molecule has 1 aromatic rings. The van der Waals surface area contributed by atoms with Crippen LogP contribution in [-0.4, -0.2) is 24.5 Å². The highest BCUT2D eigenvalue weighted by atomic mass is 19.2. The van der Waals surface area contributed by atoms with Crippen LogP contribution in [0.1, 0.15) is 25.5 Å². The molecular formula is C12H18F2N2. The number of hydrogen-bond acceptors (Lipinski definition) is 2. The standard InChI is InChI=1S/C12H18F2N2/c1-3-16(4-2)8-12(15)9-5-6-10(13)11(14)7-9/h5-7,12H,3-4,8,15H2,1-2H3. The van der Waals surface area contributed by atoms with Gasteiger partial charge in [0.2, 0.25) is 0 Å². The van der Waals surface area contributed by atoms with Crippen molar-refractivity contribution in [3.63, 3.8) is 0 Å². The molecule has 1 atom stereocenters. The molecule has 16 heavy (non-hydrogen) atoms. The van der Waals surface area contributed by atoms with Gasteiger partial charge in [0.15, 0.2) is 11.6 Å². The molecule has 0 radical (unpaired) electrons. The van der Waals surface area contributed by atoms with Crippen LogP contribution in [0.5, 0.6) is 0 Å². The summed E-state index contributed by atoms with van der Waals surface area (Å²) in [6, 6.07) is 3.54. The van der Waals surface area contributed by atoms with Gasteiger partial charge >= 0.3 is 0 Å². The van der Waals surface area contributed by atoms with Crippen molar-refractivity contribution in [3.05, 3.63) is 35.4 Å². The molecule has 2 nitrogen and oxygen atoms in total. The van der Waals surface area contributed by atoms with Crippen LogP contribution in [0.3, 0.4) is 0 Å². The third-order valence-electron chi connectivity index (χ3n) is 2.72. The minimum atomic E-state index is -0.840. The Hall–Kier alpha value is -1.00. The largest absolute Gasteiger partial charge is 0.323 e. The van der Waals surface area contributed by atoms with Gasteiger partial charge in [0, 0.05) is 12.6 Å². The average molecular weight is 228 g/mol. The zero-order valence-corrected chi connectivity index (χ0v) is 9.71. The van der Waals surface area contributed by atoms with Gasteiger partial charge in [-0.05, 0) is 30.8 Å². The van der Waals surface area contributed by atoms with Gasteiger partial charge in [0.05, 0.1) is 0 Å². The van der Waals surface area contributed by atoms with Gasteiger partial charge < -0.3 is 10.6 Å². The van der Waals surface area contributed by atoms with E-state index < -0.39 is 11.6 Å². The highest BCUT2D eigenvalue weighted by Crippen LogP contribution is 2.15. The van der Waals surface area contributed by atoms with Crippen molar-refractivity contribution in [2.24, 2.45) is 5.73 Å². The monoisotopic (exact) mass is 228 g/mol. The molecule has 0 amide bonds. The second-order valence-corrected chi connectivity index (χ2v) is 3.77. The fourth-order valence-electron chi connectivity index (χ4n) is 1.61. The molecule has 0 aliphatic carbocycles. The first-order chi connectivity index (χ1) is 7.58. The van der Waals surface area contributed by atoms with Gasteiger partial charge in [-0.1, -0.05) is 19.9 Å². The maximum Gasteiger partial charge on any atom is 0.159 e. The molecule has 0 aromatic heterocycles. The fraction of sp³-hybridized carbons (Fsp3) is 0.500. The van der Waals surface area contributed by atoms with Crippen LogP contribution in [0.2, 0.25) is 0 Å². The summed E-state index contributed by atoms with van der Waals surface area (Å²) in [5, 5.41) is 0. The smallest absolute Gasteiger partial charge is 0.159 e. The fourth-order valence-corrected chi connectivity index (χ4v) is 1.61. The summed E-state index contributed by atoms with van der Waals surface area (Å²) in [7, 11) is 0. The summed E-state index contributed by atoms with van der Waals surface area (Å²) in [6.45, 7) is 6.53. The van der Waals surface area contributed by atoms with E-state index in [4.69, 9.17) is 5.73 Å². The molecule has 0 aliphatic heterocycles. The van der Waals surface area contributed by atoms with Crippen molar-refractivity contribution in [2.45, 2.75) is 19.9 Å². The van der Waals surface area contributed by atoms with Crippen LogP contribution in [0.15, 0.2) is 18.2 Å². The van der Waals surface area contributed by atoms with E-state index in [2.05, 4.69) is 4.90 Å². The Morgan fingerprint density at radius 2 is 1.81 bits per heavy atom. The van der Waals surface area contributed by atoms with Crippen molar-refractivity contribution in [3.8, 4) is 0 Å². The molecule has 0 saturated carbocycles. The van der Waals surface area contributed by atoms with E-state index in [0.717, 1.165) is 19.2 Å². The lowest BCUT2D eigenvalue weighted by molar-refractivity contribution is 0.284. The molecule has 90 valence electrons. The Bertz CT molecular complexity index is 338. The molecule has 1 rings (SSSR count). The van der Waals surface area contributed by atoms with E-state index in [9.17, 15) is 8.78 Å². The number of likely N-dealkylation sites (N-methyl/N-ethyl adjacent to an activating group) is 1. The van der Waals surface area contributed by atoms with Gasteiger partial charge in [-0.3, -0.25) is 0 Å². The highest BCUT2D eigenvalue weighted by molar-refractivity contribution is 5.21. The summed E-state index contributed by atoms with van der Waals surface area (Å²) in [4.78, 5) is 2.14. The minimum absolute atomic E-state index is 0.282. The first-order valence-electron chi connectivity index (χ1n) is 5.51. The molecule has 0 aliphatic rings. The number of nitrogens with zero attached hydrogens (tertiary/aromatic N) is 1. The average Bonchev–Trinajstić information content (AvgIpc) is 2.29. The van der Waals surface area contributed by atoms with Crippen LogP contribution in [0, 0.1) is 11.6 Å². The number of nitrogens with two attached hydrogens (primary N) is 1. The van der Waals surface area contributed by atoms with E-state index in [1.807, 2.05) is 13.8 Å². The second-order valence-electron chi connectivity index (χ2n) is 3.77. The molecule has 0 fully saturated rings. The lowest BCUT2D eigenvalue weighted by Crippen LogP contribution is -2.32. The number of halogens is 2. The second kappa shape index (κ2) is 5.92. The van der Waals surface area contributed by atoms with E-state index >= 15 is 0 Å². The SMILES string of the molecule is CCN(CC)CC(N)c1ccc(F)c(F)c1. The lowest BCUT2D eigenvalue weighted by Gasteiger charge is -2.22. The molecule has 4 heteroatoms. The maximum absolute atomic E-state index is 13.0. The summed E-state index contributed by atoms with van der Waals surface area (Å²) in [5.74, 6) is -1.67. The van der Waals surface area contributed by atoms with Crippen LogP contribution in [0.25, 0.3) is 0 Å². The summed E-state index contributed by atoms with van der Waals surface area (Å²) >= 11 is 0. The lowest BCUT2D eigenvalue weighted by atomic mass is 10.1.